The number of benzene rings is 1. The van der Waals surface area contributed by atoms with Gasteiger partial charge >= 0.3 is 0 Å². The van der Waals surface area contributed by atoms with E-state index in [1.165, 1.54) is 0 Å². The van der Waals surface area contributed by atoms with Crippen LogP contribution in [0.5, 0.6) is 0 Å². The van der Waals surface area contributed by atoms with E-state index < -0.39 is 11.6 Å². The van der Waals surface area contributed by atoms with Crippen molar-refractivity contribution in [3.05, 3.63) is 29.8 Å². The van der Waals surface area contributed by atoms with E-state index >= 15 is 0 Å². The minimum atomic E-state index is -0.593. The number of nitrogens with two attached hydrogens (primary N) is 1. The number of rotatable bonds is 2. The number of halogens is 2. The van der Waals surface area contributed by atoms with Gasteiger partial charge in [0.25, 0.3) is 0 Å². The maximum absolute atomic E-state index is 13.8. The number of hydrogen-bond donors (Lipinski definition) is 1. The number of nitrogen functional groups attached to an aromatic ring is 1. The van der Waals surface area contributed by atoms with Gasteiger partial charge in [0.2, 0.25) is 11.9 Å². The number of nitrogens with zero attached hydrogens (tertiary/aromatic N) is 4. The van der Waals surface area contributed by atoms with E-state index in [9.17, 15) is 8.78 Å². The van der Waals surface area contributed by atoms with Gasteiger partial charge in [-0.25, -0.2) is 8.78 Å². The SMILES string of the molecule is Nc1nc(-c2cc(F)ccc2F)nc(N2CCCC2)n1. The second kappa shape index (κ2) is 4.99. The lowest BCUT2D eigenvalue weighted by Gasteiger charge is -2.15. The highest BCUT2D eigenvalue weighted by atomic mass is 19.1. The fraction of sp³-hybridized carbons (Fsp3) is 0.308. The predicted molar refractivity (Wildman–Crippen MR) is 71.0 cm³/mol. The van der Waals surface area contributed by atoms with E-state index in [0.717, 1.165) is 44.1 Å². The van der Waals surface area contributed by atoms with Crippen LogP contribution in [-0.2, 0) is 0 Å². The average Bonchev–Trinajstić information content (AvgIpc) is 2.95. The Morgan fingerprint density at radius 1 is 1.05 bits per heavy atom. The Balaban J connectivity index is 2.06. The summed E-state index contributed by atoms with van der Waals surface area (Å²) in [5, 5.41) is 0. The summed E-state index contributed by atoms with van der Waals surface area (Å²) in [5.41, 5.74) is 5.63. The quantitative estimate of drug-likeness (QED) is 0.909. The van der Waals surface area contributed by atoms with E-state index in [4.69, 9.17) is 5.73 Å². The number of anilines is 2. The van der Waals surface area contributed by atoms with E-state index in [-0.39, 0.29) is 17.3 Å². The smallest absolute Gasteiger partial charge is 0.230 e. The first-order chi connectivity index (χ1) is 9.63. The molecule has 1 aromatic heterocycles. The van der Waals surface area contributed by atoms with E-state index in [1.807, 2.05) is 4.90 Å². The Bertz CT molecular complexity index is 641. The highest BCUT2D eigenvalue weighted by molar-refractivity contribution is 5.58. The molecule has 1 aliphatic rings. The van der Waals surface area contributed by atoms with Crippen LogP contribution in [-0.4, -0.2) is 28.0 Å². The van der Waals surface area contributed by atoms with Crippen LogP contribution in [0.1, 0.15) is 12.8 Å². The Hall–Kier alpha value is -2.31. The molecule has 3 rings (SSSR count). The summed E-state index contributed by atoms with van der Waals surface area (Å²) in [4.78, 5) is 14.1. The molecule has 2 aromatic rings. The van der Waals surface area contributed by atoms with Gasteiger partial charge in [0.05, 0.1) is 5.56 Å². The van der Waals surface area contributed by atoms with Gasteiger partial charge in [0.15, 0.2) is 5.82 Å². The molecule has 0 radical (unpaired) electrons. The summed E-state index contributed by atoms with van der Waals surface area (Å²) in [5.74, 6) is -0.682. The van der Waals surface area contributed by atoms with E-state index in [2.05, 4.69) is 15.0 Å². The molecule has 7 heteroatoms. The maximum Gasteiger partial charge on any atom is 0.230 e. The minimum absolute atomic E-state index is 0.000520. The standard InChI is InChI=1S/C13H13F2N5/c14-8-3-4-10(15)9(7-8)11-17-12(16)19-13(18-11)20-5-1-2-6-20/h3-4,7H,1-2,5-6H2,(H2,16,17,18,19). The number of aromatic nitrogens is 3. The molecule has 1 saturated heterocycles. The van der Waals surface area contributed by atoms with Gasteiger partial charge in [-0.2, -0.15) is 15.0 Å². The molecule has 1 fully saturated rings. The molecular formula is C13H13F2N5. The highest BCUT2D eigenvalue weighted by Gasteiger charge is 2.18. The second-order valence-electron chi connectivity index (χ2n) is 4.64. The molecule has 5 nitrogen and oxygen atoms in total. The summed E-state index contributed by atoms with van der Waals surface area (Å²) < 4.78 is 27.0. The van der Waals surface area contributed by atoms with Gasteiger partial charge in [0.1, 0.15) is 11.6 Å². The lowest BCUT2D eigenvalue weighted by Crippen LogP contribution is -2.21. The Morgan fingerprint density at radius 2 is 1.80 bits per heavy atom. The Kier molecular flexibility index (Phi) is 3.17. The van der Waals surface area contributed by atoms with Crippen LogP contribution < -0.4 is 10.6 Å². The summed E-state index contributed by atoms with van der Waals surface area (Å²) in [6.45, 7) is 1.66. The van der Waals surface area contributed by atoms with Crippen LogP contribution in [0.15, 0.2) is 18.2 Å². The zero-order valence-corrected chi connectivity index (χ0v) is 10.7. The molecule has 1 aromatic carbocycles. The van der Waals surface area contributed by atoms with Gasteiger partial charge in [0, 0.05) is 13.1 Å². The molecule has 0 atom stereocenters. The van der Waals surface area contributed by atoms with Crippen LogP contribution in [0.25, 0.3) is 11.4 Å². The summed E-state index contributed by atoms with van der Waals surface area (Å²) >= 11 is 0. The van der Waals surface area contributed by atoms with Crippen LogP contribution in [0.3, 0.4) is 0 Å². The van der Waals surface area contributed by atoms with Gasteiger partial charge < -0.3 is 10.6 Å². The fourth-order valence-corrected chi connectivity index (χ4v) is 2.23. The van der Waals surface area contributed by atoms with Crippen molar-refractivity contribution < 1.29 is 8.78 Å². The molecular weight excluding hydrogens is 264 g/mol. The first-order valence-corrected chi connectivity index (χ1v) is 6.35. The first-order valence-electron chi connectivity index (χ1n) is 6.35. The third-order valence-electron chi connectivity index (χ3n) is 3.20. The topological polar surface area (TPSA) is 67.9 Å². The summed E-state index contributed by atoms with van der Waals surface area (Å²) in [7, 11) is 0. The van der Waals surface area contributed by atoms with Crippen molar-refractivity contribution in [2.24, 2.45) is 0 Å². The summed E-state index contributed by atoms with van der Waals surface area (Å²) in [6, 6.07) is 3.14. The van der Waals surface area contributed by atoms with Crippen LogP contribution >= 0.6 is 0 Å². The van der Waals surface area contributed by atoms with Gasteiger partial charge in [-0.15, -0.1) is 0 Å². The predicted octanol–water partition coefficient (Wildman–Crippen LogP) is 2.00. The molecule has 104 valence electrons. The van der Waals surface area contributed by atoms with Crippen LogP contribution in [0.2, 0.25) is 0 Å². The molecule has 20 heavy (non-hydrogen) atoms. The average molecular weight is 277 g/mol. The lowest BCUT2D eigenvalue weighted by atomic mass is 10.2. The number of hydrogen-bond acceptors (Lipinski definition) is 5. The molecule has 0 saturated carbocycles. The lowest BCUT2D eigenvalue weighted by molar-refractivity contribution is 0.602. The van der Waals surface area contributed by atoms with Gasteiger partial charge in [-0.1, -0.05) is 0 Å². The molecule has 0 bridgehead atoms. The third-order valence-corrected chi connectivity index (χ3v) is 3.20. The fourth-order valence-electron chi connectivity index (χ4n) is 2.23. The van der Waals surface area contributed by atoms with Crippen molar-refractivity contribution in [3.63, 3.8) is 0 Å². The largest absolute Gasteiger partial charge is 0.368 e. The van der Waals surface area contributed by atoms with E-state index in [0.29, 0.717) is 5.95 Å². The van der Waals surface area contributed by atoms with Crippen molar-refractivity contribution in [2.75, 3.05) is 23.7 Å². The van der Waals surface area contributed by atoms with Gasteiger partial charge in [-0.3, -0.25) is 0 Å². The maximum atomic E-state index is 13.8. The second-order valence-corrected chi connectivity index (χ2v) is 4.64. The van der Waals surface area contributed by atoms with Crippen molar-refractivity contribution in [2.45, 2.75) is 12.8 Å². The van der Waals surface area contributed by atoms with Crippen LogP contribution in [0, 0.1) is 11.6 Å². The molecule has 1 aliphatic heterocycles. The Morgan fingerprint density at radius 3 is 2.55 bits per heavy atom. The van der Waals surface area contributed by atoms with Crippen molar-refractivity contribution in [1.29, 1.82) is 0 Å². The van der Waals surface area contributed by atoms with Gasteiger partial charge in [-0.05, 0) is 31.0 Å². The molecule has 0 unspecified atom stereocenters. The summed E-state index contributed by atoms with van der Waals surface area (Å²) in [6.07, 6.45) is 2.10. The molecule has 2 N–H and O–H groups in total. The molecule has 0 amide bonds. The minimum Gasteiger partial charge on any atom is -0.368 e. The molecule has 0 aliphatic carbocycles. The third kappa shape index (κ3) is 2.38. The first kappa shape index (κ1) is 12.7. The zero-order valence-electron chi connectivity index (χ0n) is 10.7. The Labute approximate surface area is 114 Å². The van der Waals surface area contributed by atoms with E-state index in [1.54, 1.807) is 0 Å². The molecule has 0 spiro atoms. The molecule has 2 heterocycles. The zero-order chi connectivity index (χ0) is 14.1. The normalized spacial score (nSPS) is 14.8. The van der Waals surface area contributed by atoms with Crippen LogP contribution in [0.4, 0.5) is 20.7 Å². The van der Waals surface area contributed by atoms with Crippen molar-refractivity contribution in [3.8, 4) is 11.4 Å². The highest BCUT2D eigenvalue weighted by Crippen LogP contribution is 2.24. The monoisotopic (exact) mass is 277 g/mol. The van der Waals surface area contributed by atoms with Crippen molar-refractivity contribution in [1.82, 2.24) is 15.0 Å². The van der Waals surface area contributed by atoms with Crippen molar-refractivity contribution >= 4 is 11.9 Å².